The molecule has 0 spiro atoms. The zero-order valence-electron chi connectivity index (χ0n) is 13.2. The van der Waals surface area contributed by atoms with E-state index in [1.807, 2.05) is 0 Å². The Bertz CT molecular complexity index is 768. The summed E-state index contributed by atoms with van der Waals surface area (Å²) in [7, 11) is 0. The summed E-state index contributed by atoms with van der Waals surface area (Å²) >= 11 is 11.7. The molecule has 0 saturated carbocycles. The van der Waals surface area contributed by atoms with Crippen LogP contribution in [-0.2, 0) is 17.5 Å². The topological polar surface area (TPSA) is 56.2 Å². The lowest BCUT2D eigenvalue weighted by Crippen LogP contribution is -2.27. The lowest BCUT2D eigenvalue weighted by molar-refractivity contribution is -0.137. The molecule has 5 nitrogen and oxygen atoms in total. The maximum Gasteiger partial charge on any atom is 0.416 e. The van der Waals surface area contributed by atoms with Gasteiger partial charge in [0, 0.05) is 18.3 Å². The quantitative estimate of drug-likeness (QED) is 0.813. The Balaban J connectivity index is 2.24. The maximum atomic E-state index is 12.7. The molecule has 1 aromatic heterocycles. The zero-order valence-corrected chi connectivity index (χ0v) is 14.8. The second-order valence-corrected chi connectivity index (χ2v) is 5.92. The summed E-state index contributed by atoms with van der Waals surface area (Å²) < 4.78 is 45.0. The molecule has 0 aliphatic carbocycles. The molecule has 1 amide bonds. The largest absolute Gasteiger partial charge is 0.434 e. The molecule has 0 unspecified atom stereocenters. The van der Waals surface area contributed by atoms with E-state index in [0.717, 1.165) is 12.1 Å². The van der Waals surface area contributed by atoms with Gasteiger partial charge in [0.15, 0.2) is 5.75 Å². The number of likely N-dealkylation sites (N-methyl/N-ethyl adjacent to an activating group) is 1. The van der Waals surface area contributed by atoms with Gasteiger partial charge in [-0.15, -0.1) is 5.10 Å². The molecule has 1 N–H and O–H groups in total. The van der Waals surface area contributed by atoms with E-state index in [9.17, 15) is 18.0 Å². The predicted octanol–water partition coefficient (Wildman–Crippen LogP) is 4.45. The first kappa shape index (κ1) is 19.4. The number of amides is 1. The van der Waals surface area contributed by atoms with E-state index in [0.29, 0.717) is 12.2 Å². The van der Waals surface area contributed by atoms with E-state index in [1.54, 1.807) is 13.8 Å². The van der Waals surface area contributed by atoms with Crippen molar-refractivity contribution in [1.29, 1.82) is 0 Å². The third-order valence-electron chi connectivity index (χ3n) is 3.16. The molecule has 0 fully saturated rings. The Morgan fingerprint density at radius 3 is 2.40 bits per heavy atom. The van der Waals surface area contributed by atoms with Gasteiger partial charge in [-0.25, -0.2) is 0 Å². The van der Waals surface area contributed by atoms with Gasteiger partial charge >= 0.3 is 6.18 Å². The number of aromatic nitrogens is 2. The van der Waals surface area contributed by atoms with Crippen molar-refractivity contribution in [2.24, 2.45) is 0 Å². The van der Waals surface area contributed by atoms with Crippen molar-refractivity contribution in [2.45, 2.75) is 26.6 Å². The molecule has 1 aromatic carbocycles. The van der Waals surface area contributed by atoms with Gasteiger partial charge in [0.1, 0.15) is 6.54 Å². The van der Waals surface area contributed by atoms with Crippen molar-refractivity contribution in [3.8, 4) is 11.6 Å². The summed E-state index contributed by atoms with van der Waals surface area (Å²) in [5.41, 5.74) is -0.354. The number of halogens is 5. The second kappa shape index (κ2) is 7.53. The monoisotopic (exact) mass is 395 g/mol. The van der Waals surface area contributed by atoms with E-state index in [1.165, 1.54) is 10.7 Å². The normalized spacial score (nSPS) is 11.5. The van der Waals surface area contributed by atoms with Crippen LogP contribution in [0.3, 0.4) is 0 Å². The minimum atomic E-state index is -4.57. The van der Waals surface area contributed by atoms with Crippen LogP contribution in [0.2, 0.25) is 10.0 Å². The number of hydrogen-bond donors (Lipinski definition) is 1. The molecular formula is C15H14Cl2F3N3O2. The van der Waals surface area contributed by atoms with Crippen LogP contribution in [0, 0.1) is 6.92 Å². The lowest BCUT2D eigenvalue weighted by Gasteiger charge is -2.11. The molecular weight excluding hydrogens is 382 g/mol. The minimum absolute atomic E-state index is 0.0164. The summed E-state index contributed by atoms with van der Waals surface area (Å²) in [5.74, 6) is -0.310. The number of aryl methyl sites for hydroxylation is 1. The van der Waals surface area contributed by atoms with E-state index >= 15 is 0 Å². The Morgan fingerprint density at radius 2 is 1.88 bits per heavy atom. The smallest absolute Gasteiger partial charge is 0.416 e. The SMILES string of the molecule is CCNC(=O)Cn1nc(Oc2c(Cl)cc(C(F)(F)F)cc2Cl)cc1C. The molecule has 0 bridgehead atoms. The van der Waals surface area contributed by atoms with Crippen LogP contribution in [0.1, 0.15) is 18.2 Å². The maximum absolute atomic E-state index is 12.7. The molecule has 1 heterocycles. The van der Waals surface area contributed by atoms with Gasteiger partial charge < -0.3 is 10.1 Å². The van der Waals surface area contributed by atoms with E-state index in [2.05, 4.69) is 10.4 Å². The Hall–Kier alpha value is -1.93. The van der Waals surface area contributed by atoms with Gasteiger partial charge in [0.25, 0.3) is 0 Å². The van der Waals surface area contributed by atoms with Crippen molar-refractivity contribution in [3.63, 3.8) is 0 Å². The van der Waals surface area contributed by atoms with Gasteiger partial charge in [-0.1, -0.05) is 23.2 Å². The highest BCUT2D eigenvalue weighted by Gasteiger charge is 2.32. The first-order chi connectivity index (χ1) is 11.6. The van der Waals surface area contributed by atoms with E-state index < -0.39 is 11.7 Å². The third-order valence-corrected chi connectivity index (χ3v) is 3.72. The third kappa shape index (κ3) is 4.79. The van der Waals surface area contributed by atoms with Crippen molar-refractivity contribution in [1.82, 2.24) is 15.1 Å². The van der Waals surface area contributed by atoms with Crippen LogP contribution in [0.25, 0.3) is 0 Å². The van der Waals surface area contributed by atoms with Crippen molar-refractivity contribution in [3.05, 3.63) is 39.5 Å². The predicted molar refractivity (Wildman–Crippen MR) is 87.2 cm³/mol. The number of hydrogen-bond acceptors (Lipinski definition) is 3. The second-order valence-electron chi connectivity index (χ2n) is 5.10. The fourth-order valence-electron chi connectivity index (χ4n) is 2.00. The average Bonchev–Trinajstić information content (AvgIpc) is 2.82. The van der Waals surface area contributed by atoms with Crippen molar-refractivity contribution < 1.29 is 22.7 Å². The number of ether oxygens (including phenoxy) is 1. The highest BCUT2D eigenvalue weighted by atomic mass is 35.5. The Kier molecular flexibility index (Phi) is 5.84. The standard InChI is InChI=1S/C15H14Cl2F3N3O2/c1-3-21-12(24)7-23-8(2)4-13(22-23)25-14-10(16)5-9(6-11(14)17)15(18,19)20/h4-6H,3,7H2,1-2H3,(H,21,24). The fraction of sp³-hybridized carbons (Fsp3) is 0.333. The number of carbonyl (C=O) groups excluding carboxylic acids is 1. The van der Waals surface area contributed by atoms with Crippen LogP contribution in [0.15, 0.2) is 18.2 Å². The Labute approximate surface area is 151 Å². The molecule has 10 heteroatoms. The first-order valence-electron chi connectivity index (χ1n) is 7.17. The van der Waals surface area contributed by atoms with Crippen LogP contribution in [0.5, 0.6) is 11.6 Å². The van der Waals surface area contributed by atoms with Crippen LogP contribution >= 0.6 is 23.2 Å². The molecule has 0 radical (unpaired) electrons. The number of rotatable bonds is 5. The highest BCUT2D eigenvalue weighted by molar-refractivity contribution is 6.37. The van der Waals surface area contributed by atoms with Crippen LogP contribution in [-0.4, -0.2) is 22.2 Å². The molecule has 136 valence electrons. The number of carbonyl (C=O) groups is 1. The number of benzene rings is 1. The fourth-order valence-corrected chi connectivity index (χ4v) is 2.57. The molecule has 0 saturated heterocycles. The molecule has 0 aliphatic rings. The van der Waals surface area contributed by atoms with Crippen molar-refractivity contribution >= 4 is 29.1 Å². The summed E-state index contributed by atoms with van der Waals surface area (Å²) in [6.45, 7) is 3.96. The molecule has 25 heavy (non-hydrogen) atoms. The van der Waals surface area contributed by atoms with Gasteiger partial charge in [0.2, 0.25) is 11.8 Å². The van der Waals surface area contributed by atoms with Gasteiger partial charge in [-0.3, -0.25) is 9.48 Å². The number of nitrogens with one attached hydrogen (secondary N) is 1. The minimum Gasteiger partial charge on any atom is -0.434 e. The molecule has 2 aromatic rings. The zero-order chi connectivity index (χ0) is 18.8. The molecule has 2 rings (SSSR count). The van der Waals surface area contributed by atoms with Crippen LogP contribution < -0.4 is 10.1 Å². The number of alkyl halides is 3. The lowest BCUT2D eigenvalue weighted by atomic mass is 10.2. The van der Waals surface area contributed by atoms with Crippen molar-refractivity contribution in [2.75, 3.05) is 6.54 Å². The summed E-state index contributed by atoms with van der Waals surface area (Å²) in [6, 6.07) is 2.96. The van der Waals surface area contributed by atoms with Gasteiger partial charge in [-0.2, -0.15) is 13.2 Å². The van der Waals surface area contributed by atoms with E-state index in [4.69, 9.17) is 27.9 Å². The summed E-state index contributed by atoms with van der Waals surface area (Å²) in [6.07, 6.45) is -4.57. The molecule has 0 atom stereocenters. The van der Waals surface area contributed by atoms with E-state index in [-0.39, 0.29) is 34.1 Å². The number of nitrogens with zero attached hydrogens (tertiary/aromatic N) is 2. The highest BCUT2D eigenvalue weighted by Crippen LogP contribution is 2.41. The average molecular weight is 396 g/mol. The summed E-state index contributed by atoms with van der Waals surface area (Å²) in [5, 5.41) is 6.11. The molecule has 0 aliphatic heterocycles. The first-order valence-corrected chi connectivity index (χ1v) is 7.92. The van der Waals surface area contributed by atoms with Crippen LogP contribution in [0.4, 0.5) is 13.2 Å². The summed E-state index contributed by atoms with van der Waals surface area (Å²) in [4.78, 5) is 11.6. The Morgan fingerprint density at radius 1 is 1.28 bits per heavy atom. The van der Waals surface area contributed by atoms with Gasteiger partial charge in [-0.05, 0) is 26.0 Å². The van der Waals surface area contributed by atoms with Gasteiger partial charge in [0.05, 0.1) is 15.6 Å².